The van der Waals surface area contributed by atoms with Gasteiger partial charge in [0.25, 0.3) is 0 Å². The van der Waals surface area contributed by atoms with Crippen LogP contribution in [0.15, 0.2) is 24.3 Å². The molecular formula is C20H28O10. The minimum atomic E-state index is -1.62. The maximum Gasteiger partial charge on any atom is 0.192 e. The number of benzene rings is 1. The van der Waals surface area contributed by atoms with Crippen LogP contribution in [-0.4, -0.2) is 104 Å². The number of carbonyl (C=O) groups excluding carboxylic acids is 1. The Labute approximate surface area is 172 Å². The molecule has 1 aromatic rings. The Morgan fingerprint density at radius 3 is 2.17 bits per heavy atom. The summed E-state index contributed by atoms with van der Waals surface area (Å²) in [6.07, 6.45) is -10.9. The molecule has 2 saturated heterocycles. The zero-order valence-corrected chi connectivity index (χ0v) is 16.2. The Bertz CT molecular complexity index is 725. The topological polar surface area (TPSA) is 177 Å². The highest BCUT2D eigenvalue weighted by molar-refractivity contribution is 5.88. The highest BCUT2D eigenvalue weighted by Crippen LogP contribution is 2.33. The fourth-order valence-electron chi connectivity index (χ4n) is 3.88. The lowest BCUT2D eigenvalue weighted by atomic mass is 9.89. The van der Waals surface area contributed by atoms with Crippen molar-refractivity contribution < 1.29 is 50.0 Å². The maximum atomic E-state index is 12.2. The molecule has 0 saturated carbocycles. The van der Waals surface area contributed by atoms with Gasteiger partial charge in [0.1, 0.15) is 54.9 Å². The van der Waals surface area contributed by atoms with Gasteiger partial charge in [0.2, 0.25) is 0 Å². The van der Waals surface area contributed by atoms with Gasteiger partial charge in [-0.1, -0.05) is 24.3 Å². The van der Waals surface area contributed by atoms with Gasteiger partial charge in [-0.25, -0.2) is 0 Å². The van der Waals surface area contributed by atoms with E-state index in [-0.39, 0.29) is 6.42 Å². The van der Waals surface area contributed by atoms with Crippen LogP contribution in [0.2, 0.25) is 0 Å². The molecule has 0 aromatic heterocycles. The van der Waals surface area contributed by atoms with E-state index in [2.05, 4.69) is 0 Å². The van der Waals surface area contributed by atoms with Crippen LogP contribution in [0.3, 0.4) is 0 Å². The second-order valence-electron chi connectivity index (χ2n) is 7.72. The van der Waals surface area contributed by atoms with Gasteiger partial charge in [0.05, 0.1) is 13.2 Å². The van der Waals surface area contributed by atoms with Crippen LogP contribution < -0.4 is 0 Å². The number of ketones is 1. The summed E-state index contributed by atoms with van der Waals surface area (Å²) < 4.78 is 11.0. The summed E-state index contributed by atoms with van der Waals surface area (Å²) in [6, 6.07) is 6.84. The zero-order valence-electron chi connectivity index (χ0n) is 16.2. The minimum Gasteiger partial charge on any atom is -0.394 e. The van der Waals surface area contributed by atoms with E-state index in [0.29, 0.717) is 12.0 Å². The lowest BCUT2D eigenvalue weighted by molar-refractivity contribution is -0.231. The summed E-state index contributed by atoms with van der Waals surface area (Å²) in [5.74, 6) is -0.655. The quantitative estimate of drug-likeness (QED) is 0.250. The lowest BCUT2D eigenvalue weighted by Gasteiger charge is -2.40. The summed E-state index contributed by atoms with van der Waals surface area (Å²) in [6.45, 7) is -1.06. The average Bonchev–Trinajstić information content (AvgIpc) is 2.76. The third-order valence-electron chi connectivity index (χ3n) is 5.70. The van der Waals surface area contributed by atoms with Gasteiger partial charge in [-0.3, -0.25) is 4.79 Å². The molecule has 3 rings (SSSR count). The van der Waals surface area contributed by atoms with Gasteiger partial charge in [0, 0.05) is 0 Å². The monoisotopic (exact) mass is 428 g/mol. The van der Waals surface area contributed by atoms with Gasteiger partial charge in [-0.05, 0) is 24.0 Å². The molecule has 0 radical (unpaired) electrons. The van der Waals surface area contributed by atoms with Crippen molar-refractivity contribution >= 4 is 5.78 Å². The average molecular weight is 428 g/mol. The molecule has 30 heavy (non-hydrogen) atoms. The van der Waals surface area contributed by atoms with Crippen molar-refractivity contribution in [3.8, 4) is 0 Å². The van der Waals surface area contributed by atoms with Crippen LogP contribution in [0.1, 0.15) is 23.7 Å². The molecule has 0 bridgehead atoms. The summed E-state index contributed by atoms with van der Waals surface area (Å²) in [5, 5.41) is 68.4. The van der Waals surface area contributed by atoms with Gasteiger partial charge < -0.3 is 45.2 Å². The smallest absolute Gasteiger partial charge is 0.192 e. The SMILES string of the molecule is O=C1C(O)[C@H](O)[C@@H](CO)O[C@@H]1CCc1cccc([C@H]2O[C@H](CO)[C@@H](O)[C@H](O)[C@@H]2O)c1. The number of aliphatic hydroxyl groups excluding tert-OH is 7. The summed E-state index contributed by atoms with van der Waals surface area (Å²) in [7, 11) is 0. The van der Waals surface area contributed by atoms with E-state index in [4.69, 9.17) is 9.47 Å². The Morgan fingerprint density at radius 1 is 0.833 bits per heavy atom. The van der Waals surface area contributed by atoms with Gasteiger partial charge in [0.15, 0.2) is 5.78 Å². The highest BCUT2D eigenvalue weighted by Gasteiger charge is 2.44. The number of hydrogen-bond acceptors (Lipinski definition) is 10. The van der Waals surface area contributed by atoms with E-state index in [9.17, 15) is 40.5 Å². The first-order valence-corrected chi connectivity index (χ1v) is 9.84. The van der Waals surface area contributed by atoms with E-state index in [0.717, 1.165) is 5.56 Å². The standard InChI is InChI=1S/C20H28O10/c21-7-12-15(24)17(26)14(23)11(29-12)5-4-9-2-1-3-10(6-9)20-19(28)18(27)16(25)13(8-22)30-20/h1-3,6,11-13,15-22,24-28H,4-5,7-8H2/t11-,12-,13-,15-,16-,17?,18+,19+,20-/m1/s1. The van der Waals surface area contributed by atoms with E-state index < -0.39 is 73.9 Å². The molecule has 2 heterocycles. The number of aryl methyl sites for hydroxylation is 1. The van der Waals surface area contributed by atoms with Crippen LogP contribution in [-0.2, 0) is 20.7 Å². The van der Waals surface area contributed by atoms with Crippen molar-refractivity contribution in [1.29, 1.82) is 0 Å². The number of aliphatic hydroxyl groups is 7. The van der Waals surface area contributed by atoms with Gasteiger partial charge in [-0.2, -0.15) is 0 Å². The Morgan fingerprint density at radius 2 is 1.50 bits per heavy atom. The molecule has 0 aliphatic carbocycles. The number of carbonyl (C=O) groups is 1. The zero-order chi connectivity index (χ0) is 22.0. The molecule has 9 atom stereocenters. The van der Waals surface area contributed by atoms with Crippen LogP contribution in [0.4, 0.5) is 0 Å². The Balaban J connectivity index is 1.69. The van der Waals surface area contributed by atoms with Crippen molar-refractivity contribution in [3.63, 3.8) is 0 Å². The molecule has 10 nitrogen and oxygen atoms in total. The molecule has 10 heteroatoms. The second-order valence-corrected chi connectivity index (χ2v) is 7.72. The fraction of sp³-hybridized carbons (Fsp3) is 0.650. The summed E-state index contributed by atoms with van der Waals surface area (Å²) in [5.41, 5.74) is 1.27. The molecular weight excluding hydrogens is 400 g/mol. The third kappa shape index (κ3) is 4.57. The van der Waals surface area contributed by atoms with E-state index >= 15 is 0 Å². The fourth-order valence-corrected chi connectivity index (χ4v) is 3.88. The summed E-state index contributed by atoms with van der Waals surface area (Å²) in [4.78, 5) is 12.2. The van der Waals surface area contributed by atoms with E-state index in [1.807, 2.05) is 0 Å². The minimum absolute atomic E-state index is 0.192. The van der Waals surface area contributed by atoms with Crippen LogP contribution in [0.25, 0.3) is 0 Å². The number of Topliss-reactive ketones (excluding diaryl/α,β-unsaturated/α-hetero) is 1. The van der Waals surface area contributed by atoms with Crippen LogP contribution in [0.5, 0.6) is 0 Å². The van der Waals surface area contributed by atoms with Crippen LogP contribution in [0, 0.1) is 0 Å². The van der Waals surface area contributed by atoms with Crippen molar-refractivity contribution in [3.05, 3.63) is 35.4 Å². The molecule has 1 aromatic carbocycles. The van der Waals surface area contributed by atoms with E-state index in [1.165, 1.54) is 0 Å². The molecule has 2 fully saturated rings. The van der Waals surface area contributed by atoms with Gasteiger partial charge >= 0.3 is 0 Å². The molecule has 1 unspecified atom stereocenters. The molecule has 0 spiro atoms. The lowest BCUT2D eigenvalue weighted by Crippen LogP contribution is -2.56. The predicted molar refractivity (Wildman–Crippen MR) is 100 cm³/mol. The maximum absolute atomic E-state index is 12.2. The number of ether oxygens (including phenoxy) is 2. The van der Waals surface area contributed by atoms with Gasteiger partial charge in [-0.15, -0.1) is 0 Å². The largest absolute Gasteiger partial charge is 0.394 e. The van der Waals surface area contributed by atoms with E-state index in [1.54, 1.807) is 24.3 Å². The molecule has 2 aliphatic rings. The predicted octanol–water partition coefficient (Wildman–Crippen LogP) is -2.82. The molecule has 7 N–H and O–H groups in total. The van der Waals surface area contributed by atoms with Crippen molar-refractivity contribution in [2.24, 2.45) is 0 Å². The molecule has 0 amide bonds. The third-order valence-corrected chi connectivity index (χ3v) is 5.70. The normalized spacial score (nSPS) is 39.8. The highest BCUT2D eigenvalue weighted by atomic mass is 16.5. The number of rotatable bonds is 6. The van der Waals surface area contributed by atoms with Crippen molar-refractivity contribution in [1.82, 2.24) is 0 Å². The first kappa shape index (κ1) is 23.2. The van der Waals surface area contributed by atoms with Crippen molar-refractivity contribution in [2.75, 3.05) is 13.2 Å². The molecule has 168 valence electrons. The van der Waals surface area contributed by atoms with Crippen molar-refractivity contribution in [2.45, 2.75) is 67.8 Å². The summed E-state index contributed by atoms with van der Waals surface area (Å²) >= 11 is 0. The molecule has 2 aliphatic heterocycles. The number of hydrogen-bond donors (Lipinski definition) is 7. The second kappa shape index (κ2) is 9.77. The Kier molecular flexibility index (Phi) is 7.56. The first-order valence-electron chi connectivity index (χ1n) is 9.84. The Hall–Kier alpha value is -1.47. The van der Waals surface area contributed by atoms with Crippen LogP contribution >= 0.6 is 0 Å². The first-order chi connectivity index (χ1) is 14.3.